The number of rotatable bonds is 12. The number of hydrogen-bond donors (Lipinski definition) is 0. The summed E-state index contributed by atoms with van der Waals surface area (Å²) in [6.45, 7) is 7.79. The van der Waals surface area contributed by atoms with Gasteiger partial charge in [0.05, 0.1) is 5.92 Å². The molecule has 0 spiro atoms. The Kier molecular flexibility index (Phi) is 9.17. The molecule has 0 saturated carbocycles. The van der Waals surface area contributed by atoms with Gasteiger partial charge < -0.3 is 9.64 Å². The van der Waals surface area contributed by atoms with Crippen LogP contribution in [0.4, 0.5) is 0 Å². The van der Waals surface area contributed by atoms with Gasteiger partial charge in [0.15, 0.2) is 0 Å². The molecule has 1 amide bonds. The molecule has 4 heteroatoms. The first-order chi connectivity index (χ1) is 10.6. The molecule has 1 aliphatic rings. The van der Waals surface area contributed by atoms with Crippen molar-refractivity contribution < 1.29 is 14.3 Å². The highest BCUT2D eigenvalue weighted by Crippen LogP contribution is 2.31. The molecular weight excluding hydrogens is 278 g/mol. The second-order valence-electron chi connectivity index (χ2n) is 6.24. The van der Waals surface area contributed by atoms with Crippen LogP contribution in [0.5, 0.6) is 0 Å². The third-order valence-electron chi connectivity index (χ3n) is 4.63. The van der Waals surface area contributed by atoms with Crippen molar-refractivity contribution in [2.45, 2.75) is 84.7 Å². The van der Waals surface area contributed by atoms with E-state index in [0.29, 0.717) is 6.42 Å². The van der Waals surface area contributed by atoms with Crippen molar-refractivity contribution in [3.63, 3.8) is 0 Å². The topological polar surface area (TPSA) is 46.6 Å². The van der Waals surface area contributed by atoms with Gasteiger partial charge in [0, 0.05) is 19.5 Å². The van der Waals surface area contributed by atoms with Gasteiger partial charge in [0.2, 0.25) is 5.91 Å². The number of nitrogens with zero attached hydrogens (tertiary/aromatic N) is 1. The van der Waals surface area contributed by atoms with Crippen LogP contribution in [-0.4, -0.2) is 36.0 Å². The monoisotopic (exact) mass is 311 g/mol. The van der Waals surface area contributed by atoms with Crippen LogP contribution in [0.25, 0.3) is 0 Å². The van der Waals surface area contributed by atoms with Gasteiger partial charge in [0.1, 0.15) is 6.10 Å². The molecule has 0 bridgehead atoms. The van der Waals surface area contributed by atoms with Crippen molar-refractivity contribution in [1.82, 2.24) is 4.90 Å². The van der Waals surface area contributed by atoms with Gasteiger partial charge in [-0.25, -0.2) is 0 Å². The summed E-state index contributed by atoms with van der Waals surface area (Å²) in [6, 6.07) is 0. The molecule has 0 N–H and O–H groups in total. The Morgan fingerprint density at radius 3 is 2.27 bits per heavy atom. The van der Waals surface area contributed by atoms with Gasteiger partial charge in [-0.05, 0) is 39.5 Å². The van der Waals surface area contributed by atoms with Gasteiger partial charge in [-0.15, -0.1) is 0 Å². The summed E-state index contributed by atoms with van der Waals surface area (Å²) < 4.78 is 5.27. The van der Waals surface area contributed by atoms with Crippen LogP contribution in [0, 0.1) is 5.92 Å². The Bertz CT molecular complexity index is 339. The van der Waals surface area contributed by atoms with E-state index in [1.807, 2.05) is 18.7 Å². The van der Waals surface area contributed by atoms with Crippen molar-refractivity contribution in [3.8, 4) is 0 Å². The predicted octanol–water partition coefficient (Wildman–Crippen LogP) is 3.93. The highest BCUT2D eigenvalue weighted by Gasteiger charge is 2.40. The first-order valence-corrected chi connectivity index (χ1v) is 9.12. The smallest absolute Gasteiger partial charge is 0.313 e. The molecule has 4 nitrogen and oxygen atoms in total. The lowest BCUT2D eigenvalue weighted by Crippen LogP contribution is -2.44. The molecule has 1 saturated heterocycles. The standard InChI is InChI=1S/C18H33NO3/c1-4-7-8-9-12-15-16(22-18(15)21)13-10-11-14-17(20)19(5-2)6-3/h15-16H,4-14H2,1-3H3/t15-,16-/m0/s1. The third-order valence-corrected chi connectivity index (χ3v) is 4.63. The van der Waals surface area contributed by atoms with E-state index < -0.39 is 0 Å². The van der Waals surface area contributed by atoms with Gasteiger partial charge in [0.25, 0.3) is 0 Å². The van der Waals surface area contributed by atoms with Crippen LogP contribution in [-0.2, 0) is 14.3 Å². The zero-order valence-electron chi connectivity index (χ0n) is 14.6. The molecule has 0 aromatic rings. The lowest BCUT2D eigenvalue weighted by molar-refractivity contribution is -0.186. The minimum Gasteiger partial charge on any atom is -0.461 e. The third kappa shape index (κ3) is 5.98. The number of amides is 1. The lowest BCUT2D eigenvalue weighted by atomic mass is 9.87. The maximum Gasteiger partial charge on any atom is 0.313 e. The molecule has 0 unspecified atom stereocenters. The second-order valence-corrected chi connectivity index (χ2v) is 6.24. The van der Waals surface area contributed by atoms with E-state index in [9.17, 15) is 9.59 Å². The number of carbonyl (C=O) groups excluding carboxylic acids is 2. The fourth-order valence-corrected chi connectivity index (χ4v) is 3.11. The normalized spacial score (nSPS) is 20.4. The van der Waals surface area contributed by atoms with E-state index in [1.165, 1.54) is 19.3 Å². The van der Waals surface area contributed by atoms with E-state index in [1.54, 1.807) is 0 Å². The summed E-state index contributed by atoms with van der Waals surface area (Å²) in [5, 5.41) is 0. The molecular formula is C18H33NO3. The van der Waals surface area contributed by atoms with Crippen LogP contribution in [0.1, 0.15) is 78.6 Å². The quantitative estimate of drug-likeness (QED) is 0.405. The fourth-order valence-electron chi connectivity index (χ4n) is 3.11. The number of hydrogen-bond acceptors (Lipinski definition) is 3. The second kappa shape index (κ2) is 10.6. The first kappa shape index (κ1) is 19.0. The van der Waals surface area contributed by atoms with Crippen LogP contribution < -0.4 is 0 Å². The zero-order chi connectivity index (χ0) is 16.4. The highest BCUT2D eigenvalue weighted by molar-refractivity contribution is 5.78. The fraction of sp³-hybridized carbons (Fsp3) is 0.889. The van der Waals surface area contributed by atoms with Crippen molar-refractivity contribution in [2.24, 2.45) is 5.92 Å². The SMILES string of the molecule is CCCCCC[C@@H]1C(=O)O[C@H]1CCCCC(=O)N(CC)CC. The van der Waals surface area contributed by atoms with Crippen molar-refractivity contribution >= 4 is 11.9 Å². The van der Waals surface area contributed by atoms with Gasteiger partial charge in [-0.1, -0.05) is 32.6 Å². The summed E-state index contributed by atoms with van der Waals surface area (Å²) in [5.74, 6) is 0.350. The summed E-state index contributed by atoms with van der Waals surface area (Å²) in [7, 11) is 0. The number of unbranched alkanes of at least 4 members (excludes halogenated alkanes) is 4. The van der Waals surface area contributed by atoms with Gasteiger partial charge >= 0.3 is 5.97 Å². The number of cyclic esters (lactones) is 1. The molecule has 22 heavy (non-hydrogen) atoms. The Labute approximate surface area is 135 Å². The van der Waals surface area contributed by atoms with E-state index in [0.717, 1.165) is 45.2 Å². The molecule has 0 aromatic carbocycles. The van der Waals surface area contributed by atoms with Crippen LogP contribution >= 0.6 is 0 Å². The molecule has 1 fully saturated rings. The van der Waals surface area contributed by atoms with Crippen molar-refractivity contribution in [1.29, 1.82) is 0 Å². The van der Waals surface area contributed by atoms with Crippen molar-refractivity contribution in [2.75, 3.05) is 13.1 Å². The summed E-state index contributed by atoms with van der Waals surface area (Å²) in [6.07, 6.45) is 9.29. The summed E-state index contributed by atoms with van der Waals surface area (Å²) in [4.78, 5) is 25.3. The Hall–Kier alpha value is -1.06. The zero-order valence-corrected chi connectivity index (χ0v) is 14.6. The summed E-state index contributed by atoms with van der Waals surface area (Å²) >= 11 is 0. The minimum atomic E-state index is -0.0132. The Morgan fingerprint density at radius 2 is 1.68 bits per heavy atom. The van der Waals surface area contributed by atoms with Gasteiger partial charge in [-0.2, -0.15) is 0 Å². The molecule has 1 heterocycles. The minimum absolute atomic E-state index is 0.0132. The molecule has 2 atom stereocenters. The molecule has 1 rings (SSSR count). The first-order valence-electron chi connectivity index (χ1n) is 9.12. The highest BCUT2D eigenvalue weighted by atomic mass is 16.6. The van der Waals surface area contributed by atoms with Crippen LogP contribution in [0.2, 0.25) is 0 Å². The predicted molar refractivity (Wildman–Crippen MR) is 88.5 cm³/mol. The Balaban J connectivity index is 2.13. The number of carbonyl (C=O) groups is 2. The molecule has 0 aliphatic carbocycles. The van der Waals surface area contributed by atoms with E-state index in [4.69, 9.17) is 4.74 Å². The largest absolute Gasteiger partial charge is 0.461 e. The average Bonchev–Trinajstić information content (AvgIpc) is 2.51. The van der Waals surface area contributed by atoms with E-state index >= 15 is 0 Å². The Morgan fingerprint density at radius 1 is 1.00 bits per heavy atom. The maximum absolute atomic E-state index is 11.9. The lowest BCUT2D eigenvalue weighted by Gasteiger charge is -2.35. The molecule has 0 aromatic heterocycles. The van der Waals surface area contributed by atoms with E-state index in [2.05, 4.69) is 6.92 Å². The van der Waals surface area contributed by atoms with Crippen LogP contribution in [0.15, 0.2) is 0 Å². The number of ether oxygens (including phenoxy) is 1. The van der Waals surface area contributed by atoms with Crippen LogP contribution in [0.3, 0.4) is 0 Å². The molecule has 128 valence electrons. The van der Waals surface area contributed by atoms with Gasteiger partial charge in [-0.3, -0.25) is 9.59 Å². The average molecular weight is 311 g/mol. The van der Waals surface area contributed by atoms with E-state index in [-0.39, 0.29) is 23.9 Å². The number of esters is 1. The summed E-state index contributed by atoms with van der Waals surface area (Å²) in [5.41, 5.74) is 0. The molecule has 0 radical (unpaired) electrons. The molecule has 1 aliphatic heterocycles. The maximum atomic E-state index is 11.9. The van der Waals surface area contributed by atoms with Crippen molar-refractivity contribution in [3.05, 3.63) is 0 Å².